The Kier molecular flexibility index (Phi) is 6.57. The van der Waals surface area contributed by atoms with E-state index >= 15 is 0 Å². The lowest BCUT2D eigenvalue weighted by Crippen LogP contribution is -2.42. The molecule has 0 rings (SSSR count). The zero-order chi connectivity index (χ0) is 11.9. The lowest BCUT2D eigenvalue weighted by molar-refractivity contribution is -0.128. The SMILES string of the molecule is CNC(=O)C(C)(C)CNCCCC(C)C. The van der Waals surface area contributed by atoms with Crippen LogP contribution in [0, 0.1) is 11.3 Å². The summed E-state index contributed by atoms with van der Waals surface area (Å²) in [6.07, 6.45) is 2.43. The summed E-state index contributed by atoms with van der Waals surface area (Å²) in [4.78, 5) is 11.5. The minimum Gasteiger partial charge on any atom is -0.359 e. The van der Waals surface area contributed by atoms with E-state index in [1.54, 1.807) is 7.05 Å². The van der Waals surface area contributed by atoms with E-state index in [1.165, 1.54) is 12.8 Å². The molecule has 0 aliphatic carbocycles. The Morgan fingerprint density at radius 1 is 1.33 bits per heavy atom. The van der Waals surface area contributed by atoms with E-state index in [0.717, 1.165) is 19.0 Å². The van der Waals surface area contributed by atoms with Crippen LogP contribution in [0.4, 0.5) is 0 Å². The van der Waals surface area contributed by atoms with Crippen molar-refractivity contribution in [3.8, 4) is 0 Å². The Bertz CT molecular complexity index is 188. The van der Waals surface area contributed by atoms with Gasteiger partial charge in [-0.1, -0.05) is 13.8 Å². The van der Waals surface area contributed by atoms with Crippen LogP contribution in [0.25, 0.3) is 0 Å². The second-order valence-corrected chi connectivity index (χ2v) is 5.18. The van der Waals surface area contributed by atoms with E-state index in [1.807, 2.05) is 13.8 Å². The maximum absolute atomic E-state index is 11.5. The quantitative estimate of drug-likeness (QED) is 0.634. The van der Waals surface area contributed by atoms with Crippen LogP contribution in [0.2, 0.25) is 0 Å². The summed E-state index contributed by atoms with van der Waals surface area (Å²) in [5.74, 6) is 0.859. The summed E-state index contributed by atoms with van der Waals surface area (Å²) in [7, 11) is 1.68. The van der Waals surface area contributed by atoms with Gasteiger partial charge in [-0.05, 0) is 39.2 Å². The first-order valence-electron chi connectivity index (χ1n) is 5.83. The van der Waals surface area contributed by atoms with Crippen molar-refractivity contribution in [2.75, 3.05) is 20.1 Å². The molecule has 0 spiro atoms. The number of hydrogen-bond acceptors (Lipinski definition) is 2. The molecule has 0 aliphatic heterocycles. The molecule has 0 bridgehead atoms. The van der Waals surface area contributed by atoms with Crippen LogP contribution >= 0.6 is 0 Å². The molecule has 15 heavy (non-hydrogen) atoms. The average Bonchev–Trinajstić information content (AvgIpc) is 2.15. The molecule has 0 unspecified atom stereocenters. The fraction of sp³-hybridized carbons (Fsp3) is 0.917. The van der Waals surface area contributed by atoms with Gasteiger partial charge in [0.25, 0.3) is 0 Å². The molecule has 1 amide bonds. The fourth-order valence-corrected chi connectivity index (χ4v) is 1.45. The highest BCUT2D eigenvalue weighted by Crippen LogP contribution is 2.13. The van der Waals surface area contributed by atoms with Gasteiger partial charge >= 0.3 is 0 Å². The molecule has 0 aromatic heterocycles. The minimum absolute atomic E-state index is 0.0962. The molecule has 0 aromatic rings. The first-order valence-corrected chi connectivity index (χ1v) is 5.83. The van der Waals surface area contributed by atoms with Crippen molar-refractivity contribution in [1.29, 1.82) is 0 Å². The van der Waals surface area contributed by atoms with Gasteiger partial charge < -0.3 is 10.6 Å². The topological polar surface area (TPSA) is 41.1 Å². The summed E-state index contributed by atoms with van der Waals surface area (Å²) in [6, 6.07) is 0. The Balaban J connectivity index is 3.62. The Hall–Kier alpha value is -0.570. The van der Waals surface area contributed by atoms with Crippen LogP contribution in [0.15, 0.2) is 0 Å². The number of hydrogen-bond donors (Lipinski definition) is 2. The summed E-state index contributed by atoms with van der Waals surface area (Å²) in [6.45, 7) is 10.1. The van der Waals surface area contributed by atoms with Crippen molar-refractivity contribution in [3.63, 3.8) is 0 Å². The van der Waals surface area contributed by atoms with Gasteiger partial charge in [-0.3, -0.25) is 4.79 Å². The molecule has 0 fully saturated rings. The van der Waals surface area contributed by atoms with Crippen molar-refractivity contribution in [1.82, 2.24) is 10.6 Å². The van der Waals surface area contributed by atoms with Crippen LogP contribution in [-0.4, -0.2) is 26.0 Å². The predicted octanol–water partition coefficient (Wildman–Crippen LogP) is 1.78. The zero-order valence-corrected chi connectivity index (χ0v) is 10.8. The Morgan fingerprint density at radius 3 is 2.40 bits per heavy atom. The van der Waals surface area contributed by atoms with E-state index < -0.39 is 0 Å². The molecule has 3 nitrogen and oxygen atoms in total. The molecule has 0 aliphatic rings. The van der Waals surface area contributed by atoms with Crippen molar-refractivity contribution in [2.45, 2.75) is 40.5 Å². The van der Waals surface area contributed by atoms with Gasteiger partial charge in [0.05, 0.1) is 5.41 Å². The fourth-order valence-electron chi connectivity index (χ4n) is 1.45. The lowest BCUT2D eigenvalue weighted by Gasteiger charge is -2.23. The molecule has 0 aromatic carbocycles. The highest BCUT2D eigenvalue weighted by molar-refractivity contribution is 5.81. The zero-order valence-electron chi connectivity index (χ0n) is 10.8. The van der Waals surface area contributed by atoms with E-state index in [4.69, 9.17) is 0 Å². The van der Waals surface area contributed by atoms with Gasteiger partial charge in [-0.25, -0.2) is 0 Å². The van der Waals surface area contributed by atoms with Gasteiger partial charge in [0.15, 0.2) is 0 Å². The predicted molar refractivity (Wildman–Crippen MR) is 64.8 cm³/mol. The molecule has 3 heteroatoms. The van der Waals surface area contributed by atoms with Gasteiger partial charge in [0, 0.05) is 13.6 Å². The molecule has 0 saturated heterocycles. The Labute approximate surface area is 94.0 Å². The standard InChI is InChI=1S/C12H26N2O/c1-10(2)7-6-8-14-9-12(3,4)11(15)13-5/h10,14H,6-9H2,1-5H3,(H,13,15). The largest absolute Gasteiger partial charge is 0.359 e. The van der Waals surface area contributed by atoms with Crippen LogP contribution in [0.3, 0.4) is 0 Å². The maximum atomic E-state index is 11.5. The third-order valence-corrected chi connectivity index (χ3v) is 2.54. The molecule has 2 N–H and O–H groups in total. The highest BCUT2D eigenvalue weighted by atomic mass is 16.2. The highest BCUT2D eigenvalue weighted by Gasteiger charge is 2.25. The molecular weight excluding hydrogens is 188 g/mol. The van der Waals surface area contributed by atoms with Crippen LogP contribution in [0.1, 0.15) is 40.5 Å². The lowest BCUT2D eigenvalue weighted by atomic mass is 9.92. The molecule has 0 heterocycles. The van der Waals surface area contributed by atoms with E-state index in [9.17, 15) is 4.79 Å². The van der Waals surface area contributed by atoms with E-state index in [2.05, 4.69) is 24.5 Å². The summed E-state index contributed by atoms with van der Waals surface area (Å²) in [5.41, 5.74) is -0.313. The maximum Gasteiger partial charge on any atom is 0.226 e. The molecule has 0 radical (unpaired) electrons. The second kappa shape index (κ2) is 6.83. The van der Waals surface area contributed by atoms with E-state index in [-0.39, 0.29) is 11.3 Å². The number of amides is 1. The smallest absolute Gasteiger partial charge is 0.226 e. The summed E-state index contributed by atoms with van der Waals surface area (Å²) < 4.78 is 0. The van der Waals surface area contributed by atoms with Gasteiger partial charge in [0.1, 0.15) is 0 Å². The van der Waals surface area contributed by atoms with Crippen LogP contribution < -0.4 is 10.6 Å². The number of carbonyl (C=O) groups excluding carboxylic acids is 1. The third-order valence-electron chi connectivity index (χ3n) is 2.54. The first-order chi connectivity index (χ1) is 6.90. The summed E-state index contributed by atoms with van der Waals surface area (Å²) in [5, 5.41) is 6.02. The molecule has 0 saturated carbocycles. The average molecular weight is 214 g/mol. The normalized spacial score (nSPS) is 11.9. The monoisotopic (exact) mass is 214 g/mol. The van der Waals surface area contributed by atoms with Crippen molar-refractivity contribution < 1.29 is 4.79 Å². The van der Waals surface area contributed by atoms with Crippen molar-refractivity contribution >= 4 is 5.91 Å². The van der Waals surface area contributed by atoms with Gasteiger partial charge in [0.2, 0.25) is 5.91 Å². The molecular formula is C12H26N2O. The molecule has 0 atom stereocenters. The second-order valence-electron chi connectivity index (χ2n) is 5.18. The van der Waals surface area contributed by atoms with E-state index in [0.29, 0.717) is 0 Å². The number of carbonyl (C=O) groups is 1. The van der Waals surface area contributed by atoms with Crippen LogP contribution in [-0.2, 0) is 4.79 Å². The van der Waals surface area contributed by atoms with Crippen LogP contribution in [0.5, 0.6) is 0 Å². The van der Waals surface area contributed by atoms with Gasteiger partial charge in [-0.15, -0.1) is 0 Å². The summed E-state index contributed by atoms with van der Waals surface area (Å²) >= 11 is 0. The Morgan fingerprint density at radius 2 is 1.93 bits per heavy atom. The van der Waals surface area contributed by atoms with Gasteiger partial charge in [-0.2, -0.15) is 0 Å². The minimum atomic E-state index is -0.313. The first kappa shape index (κ1) is 14.4. The number of nitrogens with one attached hydrogen (secondary N) is 2. The molecule has 90 valence electrons. The third kappa shape index (κ3) is 6.50. The van der Waals surface area contributed by atoms with Crippen molar-refractivity contribution in [2.24, 2.45) is 11.3 Å². The van der Waals surface area contributed by atoms with Crippen molar-refractivity contribution in [3.05, 3.63) is 0 Å². The number of rotatable bonds is 7.